The normalized spacial score (nSPS) is 18.7. The largest absolute Gasteiger partial charge is 0.368 e. The first-order valence-corrected chi connectivity index (χ1v) is 6.80. The van der Waals surface area contributed by atoms with Crippen LogP contribution in [0.3, 0.4) is 0 Å². The molecule has 0 radical (unpaired) electrons. The summed E-state index contributed by atoms with van der Waals surface area (Å²) in [5, 5.41) is 2.83. The highest BCUT2D eigenvalue weighted by Gasteiger charge is 2.23. The summed E-state index contributed by atoms with van der Waals surface area (Å²) >= 11 is 0. The minimum atomic E-state index is -0.286. The number of hydrogen-bond acceptors (Lipinski definition) is 3. The molecule has 1 aliphatic heterocycles. The van der Waals surface area contributed by atoms with Crippen LogP contribution in [0.2, 0.25) is 0 Å². The van der Waals surface area contributed by atoms with E-state index in [1.807, 2.05) is 0 Å². The first-order chi connectivity index (χ1) is 8.65. The van der Waals surface area contributed by atoms with Crippen LogP contribution in [0.5, 0.6) is 0 Å². The van der Waals surface area contributed by atoms with Crippen molar-refractivity contribution in [3.63, 3.8) is 0 Å². The highest BCUT2D eigenvalue weighted by molar-refractivity contribution is 5.81. The molecule has 1 heterocycles. The maximum absolute atomic E-state index is 11.7. The quantitative estimate of drug-likeness (QED) is 0.737. The zero-order chi connectivity index (χ0) is 13.4. The lowest BCUT2D eigenvalue weighted by molar-refractivity contribution is -0.132. The summed E-state index contributed by atoms with van der Waals surface area (Å²) in [5.41, 5.74) is 0. The first-order valence-electron chi connectivity index (χ1n) is 6.80. The summed E-state index contributed by atoms with van der Waals surface area (Å²) in [6.45, 7) is 6.18. The molecule has 0 aromatic carbocycles. The molecule has 0 aliphatic carbocycles. The SMILES string of the molecule is CCCCN(CCNC(=O)C1CCCO1)C(C)=O. The van der Waals surface area contributed by atoms with Gasteiger partial charge in [0.2, 0.25) is 11.8 Å². The minimum Gasteiger partial charge on any atom is -0.368 e. The zero-order valence-electron chi connectivity index (χ0n) is 11.4. The predicted octanol–water partition coefficient (Wildman–Crippen LogP) is 0.930. The molecule has 5 heteroatoms. The number of ether oxygens (including phenoxy) is 1. The van der Waals surface area contributed by atoms with E-state index < -0.39 is 0 Å². The van der Waals surface area contributed by atoms with Gasteiger partial charge in [-0.25, -0.2) is 0 Å². The van der Waals surface area contributed by atoms with E-state index in [0.717, 1.165) is 32.2 Å². The lowest BCUT2D eigenvalue weighted by Crippen LogP contribution is -2.41. The van der Waals surface area contributed by atoms with Crippen LogP contribution in [0, 0.1) is 0 Å². The van der Waals surface area contributed by atoms with Crippen LogP contribution < -0.4 is 5.32 Å². The molecule has 5 nitrogen and oxygen atoms in total. The molecule has 0 spiro atoms. The smallest absolute Gasteiger partial charge is 0.249 e. The average molecular weight is 256 g/mol. The van der Waals surface area contributed by atoms with Crippen LogP contribution in [0.1, 0.15) is 39.5 Å². The van der Waals surface area contributed by atoms with Crippen molar-refractivity contribution in [3.05, 3.63) is 0 Å². The van der Waals surface area contributed by atoms with Gasteiger partial charge in [-0.05, 0) is 19.3 Å². The fourth-order valence-corrected chi connectivity index (χ4v) is 1.99. The van der Waals surface area contributed by atoms with Crippen molar-refractivity contribution in [2.75, 3.05) is 26.2 Å². The van der Waals surface area contributed by atoms with Crippen LogP contribution in [0.25, 0.3) is 0 Å². The Kier molecular flexibility index (Phi) is 6.72. The monoisotopic (exact) mass is 256 g/mol. The Balaban J connectivity index is 2.20. The lowest BCUT2D eigenvalue weighted by Gasteiger charge is -2.21. The molecular weight excluding hydrogens is 232 g/mol. The molecule has 1 saturated heterocycles. The van der Waals surface area contributed by atoms with Gasteiger partial charge >= 0.3 is 0 Å². The average Bonchev–Trinajstić information content (AvgIpc) is 2.86. The number of hydrogen-bond donors (Lipinski definition) is 1. The van der Waals surface area contributed by atoms with Crippen molar-refractivity contribution in [1.29, 1.82) is 0 Å². The molecule has 2 amide bonds. The third-order valence-electron chi connectivity index (χ3n) is 3.13. The number of unbranched alkanes of at least 4 members (excludes halogenated alkanes) is 1. The van der Waals surface area contributed by atoms with E-state index >= 15 is 0 Å². The molecule has 0 aromatic rings. The summed E-state index contributed by atoms with van der Waals surface area (Å²) in [7, 11) is 0. The van der Waals surface area contributed by atoms with Gasteiger partial charge in [-0.1, -0.05) is 13.3 Å². The Morgan fingerprint density at radius 2 is 2.17 bits per heavy atom. The second-order valence-corrected chi connectivity index (χ2v) is 4.65. The highest BCUT2D eigenvalue weighted by Crippen LogP contribution is 2.11. The molecule has 104 valence electrons. The molecule has 1 N–H and O–H groups in total. The summed E-state index contributed by atoms with van der Waals surface area (Å²) in [6, 6.07) is 0. The van der Waals surface area contributed by atoms with E-state index in [9.17, 15) is 9.59 Å². The van der Waals surface area contributed by atoms with Crippen molar-refractivity contribution >= 4 is 11.8 Å². The number of amides is 2. The van der Waals surface area contributed by atoms with Crippen LogP contribution in [0.4, 0.5) is 0 Å². The number of nitrogens with zero attached hydrogens (tertiary/aromatic N) is 1. The van der Waals surface area contributed by atoms with Crippen LogP contribution in [-0.4, -0.2) is 49.1 Å². The standard InChI is InChI=1S/C13H24N2O3/c1-3-4-8-15(11(2)16)9-7-14-13(17)12-6-5-10-18-12/h12H,3-10H2,1-2H3,(H,14,17). The van der Waals surface area contributed by atoms with Crippen molar-refractivity contribution in [2.45, 2.75) is 45.6 Å². The summed E-state index contributed by atoms with van der Waals surface area (Å²) in [4.78, 5) is 24.8. The predicted molar refractivity (Wildman–Crippen MR) is 69.1 cm³/mol. The number of rotatable bonds is 7. The highest BCUT2D eigenvalue weighted by atomic mass is 16.5. The Bertz CT molecular complexity index is 275. The molecule has 0 aromatic heterocycles. The molecule has 1 unspecified atom stereocenters. The van der Waals surface area contributed by atoms with E-state index in [1.165, 1.54) is 0 Å². The molecule has 1 atom stereocenters. The second-order valence-electron chi connectivity index (χ2n) is 4.65. The molecule has 1 rings (SSSR count). The third-order valence-corrected chi connectivity index (χ3v) is 3.13. The number of carbonyl (C=O) groups excluding carboxylic acids is 2. The summed E-state index contributed by atoms with van der Waals surface area (Å²) < 4.78 is 5.29. The van der Waals surface area contributed by atoms with E-state index in [-0.39, 0.29) is 17.9 Å². The fraction of sp³-hybridized carbons (Fsp3) is 0.846. The van der Waals surface area contributed by atoms with Crippen molar-refractivity contribution in [2.24, 2.45) is 0 Å². The maximum Gasteiger partial charge on any atom is 0.249 e. The van der Waals surface area contributed by atoms with Gasteiger partial charge in [0.1, 0.15) is 6.10 Å². The van der Waals surface area contributed by atoms with Gasteiger partial charge in [0.25, 0.3) is 0 Å². The summed E-state index contributed by atoms with van der Waals surface area (Å²) in [6.07, 6.45) is 3.53. The third kappa shape index (κ3) is 5.04. The molecule has 1 aliphatic rings. The Morgan fingerprint density at radius 3 is 2.72 bits per heavy atom. The summed E-state index contributed by atoms with van der Waals surface area (Å²) in [5.74, 6) is 0.0151. The molecule has 1 fully saturated rings. The van der Waals surface area contributed by atoms with Crippen molar-refractivity contribution < 1.29 is 14.3 Å². The first kappa shape index (κ1) is 15.0. The van der Waals surface area contributed by atoms with E-state index in [4.69, 9.17) is 4.74 Å². The molecule has 18 heavy (non-hydrogen) atoms. The molecule has 0 bridgehead atoms. The van der Waals surface area contributed by atoms with E-state index in [1.54, 1.807) is 11.8 Å². The van der Waals surface area contributed by atoms with E-state index in [2.05, 4.69) is 12.2 Å². The minimum absolute atomic E-state index is 0.0495. The number of nitrogens with one attached hydrogen (secondary N) is 1. The van der Waals surface area contributed by atoms with Crippen LogP contribution in [-0.2, 0) is 14.3 Å². The number of carbonyl (C=O) groups is 2. The fourth-order valence-electron chi connectivity index (χ4n) is 1.99. The maximum atomic E-state index is 11.7. The molecular formula is C13H24N2O3. The lowest BCUT2D eigenvalue weighted by atomic mass is 10.2. The van der Waals surface area contributed by atoms with Gasteiger partial charge < -0.3 is 15.0 Å². The van der Waals surface area contributed by atoms with Gasteiger partial charge in [0, 0.05) is 33.2 Å². The van der Waals surface area contributed by atoms with E-state index in [0.29, 0.717) is 19.7 Å². The van der Waals surface area contributed by atoms with Crippen LogP contribution >= 0.6 is 0 Å². The van der Waals surface area contributed by atoms with Gasteiger partial charge in [-0.15, -0.1) is 0 Å². The Hall–Kier alpha value is -1.10. The molecule has 0 saturated carbocycles. The van der Waals surface area contributed by atoms with Crippen molar-refractivity contribution in [1.82, 2.24) is 10.2 Å². The van der Waals surface area contributed by atoms with Gasteiger partial charge in [0.15, 0.2) is 0 Å². The zero-order valence-corrected chi connectivity index (χ0v) is 11.4. The van der Waals surface area contributed by atoms with Gasteiger partial charge in [-0.2, -0.15) is 0 Å². The Morgan fingerprint density at radius 1 is 1.39 bits per heavy atom. The topological polar surface area (TPSA) is 58.6 Å². The van der Waals surface area contributed by atoms with Crippen LogP contribution in [0.15, 0.2) is 0 Å². The Labute approximate surface area is 109 Å². The van der Waals surface area contributed by atoms with Gasteiger partial charge in [0.05, 0.1) is 0 Å². The van der Waals surface area contributed by atoms with Crippen molar-refractivity contribution in [3.8, 4) is 0 Å². The second kappa shape index (κ2) is 8.08. The van der Waals surface area contributed by atoms with Gasteiger partial charge in [-0.3, -0.25) is 9.59 Å².